The number of hydrogen-bond donors (Lipinski definition) is 2. The van der Waals surface area contributed by atoms with Crippen LogP contribution in [0.1, 0.15) is 29.3 Å². The number of nitrogens with zero attached hydrogens (tertiary/aromatic N) is 1. The van der Waals surface area contributed by atoms with Crippen molar-refractivity contribution in [2.24, 2.45) is 5.73 Å². The number of carbonyl (C=O) groups is 1. The van der Waals surface area contributed by atoms with Crippen LogP contribution in [0.15, 0.2) is 24.3 Å². The minimum absolute atomic E-state index is 0.0310. The van der Waals surface area contributed by atoms with Gasteiger partial charge < -0.3 is 16.0 Å². The molecule has 1 aromatic carbocycles. The monoisotopic (exact) mass is 249 g/mol. The molecule has 0 aliphatic rings. The maximum absolute atomic E-state index is 12.0. The molecule has 0 bridgehead atoms. The average Bonchev–Trinajstić information content (AvgIpc) is 2.36. The van der Waals surface area contributed by atoms with E-state index in [9.17, 15) is 4.79 Å². The van der Waals surface area contributed by atoms with Gasteiger partial charge in [-0.1, -0.05) is 12.1 Å². The molecular weight excluding hydrogens is 226 g/mol. The fourth-order valence-corrected chi connectivity index (χ4v) is 1.67. The van der Waals surface area contributed by atoms with E-state index in [0.29, 0.717) is 12.1 Å². The number of benzene rings is 1. The smallest absolute Gasteiger partial charge is 0.251 e. The topological polar surface area (TPSA) is 58.4 Å². The number of nitrogens with one attached hydrogen (secondary N) is 1. The molecule has 0 aromatic heterocycles. The summed E-state index contributed by atoms with van der Waals surface area (Å²) in [6.07, 6.45) is 0.940. The van der Waals surface area contributed by atoms with Crippen LogP contribution in [0.2, 0.25) is 0 Å². The maximum Gasteiger partial charge on any atom is 0.251 e. The van der Waals surface area contributed by atoms with Gasteiger partial charge in [0.25, 0.3) is 5.91 Å². The van der Waals surface area contributed by atoms with E-state index in [1.807, 2.05) is 45.3 Å². The molecule has 18 heavy (non-hydrogen) atoms. The molecule has 0 saturated carbocycles. The maximum atomic E-state index is 12.0. The largest absolute Gasteiger partial charge is 0.350 e. The molecule has 4 nitrogen and oxygen atoms in total. The lowest BCUT2D eigenvalue weighted by Crippen LogP contribution is -2.34. The van der Waals surface area contributed by atoms with E-state index in [0.717, 1.165) is 18.5 Å². The molecule has 1 unspecified atom stereocenters. The number of nitrogens with two attached hydrogens (primary N) is 1. The van der Waals surface area contributed by atoms with Crippen LogP contribution in [0.3, 0.4) is 0 Å². The van der Waals surface area contributed by atoms with E-state index in [2.05, 4.69) is 10.2 Å². The molecule has 0 aliphatic carbocycles. The van der Waals surface area contributed by atoms with Crippen molar-refractivity contribution in [2.75, 3.05) is 20.6 Å². The number of amides is 1. The van der Waals surface area contributed by atoms with Gasteiger partial charge in [-0.3, -0.25) is 4.79 Å². The van der Waals surface area contributed by atoms with Crippen LogP contribution < -0.4 is 11.1 Å². The molecule has 0 aliphatic heterocycles. The first-order valence-corrected chi connectivity index (χ1v) is 6.27. The van der Waals surface area contributed by atoms with Crippen LogP contribution in [0.4, 0.5) is 0 Å². The van der Waals surface area contributed by atoms with Gasteiger partial charge in [-0.15, -0.1) is 0 Å². The average molecular weight is 249 g/mol. The Morgan fingerprint density at radius 2 is 2.17 bits per heavy atom. The first kappa shape index (κ1) is 14.7. The van der Waals surface area contributed by atoms with E-state index in [1.54, 1.807) is 0 Å². The van der Waals surface area contributed by atoms with Crippen LogP contribution in [-0.2, 0) is 6.54 Å². The molecule has 3 N–H and O–H groups in total. The Balaban J connectivity index is 2.53. The third kappa shape index (κ3) is 4.85. The summed E-state index contributed by atoms with van der Waals surface area (Å²) in [6.45, 7) is 3.44. The summed E-state index contributed by atoms with van der Waals surface area (Å²) >= 11 is 0. The van der Waals surface area contributed by atoms with Gasteiger partial charge in [0.1, 0.15) is 0 Å². The normalized spacial score (nSPS) is 12.5. The zero-order valence-electron chi connectivity index (χ0n) is 11.4. The fourth-order valence-electron chi connectivity index (χ4n) is 1.67. The Bertz CT molecular complexity index is 390. The van der Waals surface area contributed by atoms with Crippen molar-refractivity contribution >= 4 is 5.91 Å². The van der Waals surface area contributed by atoms with E-state index in [1.165, 1.54) is 0 Å². The molecule has 0 fully saturated rings. The Labute approximate surface area is 109 Å². The summed E-state index contributed by atoms with van der Waals surface area (Å²) in [4.78, 5) is 14.1. The summed E-state index contributed by atoms with van der Waals surface area (Å²) in [7, 11) is 4.05. The van der Waals surface area contributed by atoms with Gasteiger partial charge in [-0.2, -0.15) is 0 Å². The van der Waals surface area contributed by atoms with Crippen molar-refractivity contribution in [3.8, 4) is 0 Å². The summed E-state index contributed by atoms with van der Waals surface area (Å²) in [5, 5.41) is 3.00. The highest BCUT2D eigenvalue weighted by molar-refractivity contribution is 5.94. The number of rotatable bonds is 6. The van der Waals surface area contributed by atoms with Crippen molar-refractivity contribution in [1.82, 2.24) is 10.2 Å². The van der Waals surface area contributed by atoms with Crippen LogP contribution in [0.5, 0.6) is 0 Å². The van der Waals surface area contributed by atoms with Crippen LogP contribution in [0.25, 0.3) is 0 Å². The van der Waals surface area contributed by atoms with Gasteiger partial charge in [0.2, 0.25) is 0 Å². The molecule has 0 saturated heterocycles. The second-order valence-corrected chi connectivity index (χ2v) is 4.87. The summed E-state index contributed by atoms with van der Waals surface area (Å²) in [6, 6.07) is 7.61. The van der Waals surface area contributed by atoms with Crippen LogP contribution in [-0.4, -0.2) is 37.5 Å². The predicted octanol–water partition coefficient (Wildman–Crippen LogP) is 1.22. The van der Waals surface area contributed by atoms with Gasteiger partial charge in [0, 0.05) is 18.2 Å². The third-order valence-electron chi connectivity index (χ3n) is 2.81. The predicted molar refractivity (Wildman–Crippen MR) is 74.4 cm³/mol. The molecule has 100 valence electrons. The van der Waals surface area contributed by atoms with Gasteiger partial charge >= 0.3 is 0 Å². The van der Waals surface area contributed by atoms with Gasteiger partial charge in [-0.05, 0) is 51.7 Å². The lowest BCUT2D eigenvalue weighted by atomic mass is 10.1. The summed E-state index contributed by atoms with van der Waals surface area (Å²) in [5.74, 6) is -0.0310. The molecule has 1 aromatic rings. The minimum Gasteiger partial charge on any atom is -0.350 e. The van der Waals surface area contributed by atoms with Crippen molar-refractivity contribution in [3.63, 3.8) is 0 Å². The zero-order chi connectivity index (χ0) is 13.5. The summed E-state index contributed by atoms with van der Waals surface area (Å²) < 4.78 is 0. The molecular formula is C14H23N3O. The van der Waals surface area contributed by atoms with Crippen molar-refractivity contribution in [3.05, 3.63) is 35.4 Å². The highest BCUT2D eigenvalue weighted by Gasteiger charge is 2.10. The molecule has 0 spiro atoms. The van der Waals surface area contributed by atoms with Crippen molar-refractivity contribution < 1.29 is 4.79 Å². The lowest BCUT2D eigenvalue weighted by Gasteiger charge is -2.16. The highest BCUT2D eigenvalue weighted by Crippen LogP contribution is 2.05. The zero-order valence-corrected chi connectivity index (χ0v) is 11.4. The van der Waals surface area contributed by atoms with Gasteiger partial charge in [0.05, 0.1) is 0 Å². The van der Waals surface area contributed by atoms with Gasteiger partial charge in [0.15, 0.2) is 0 Å². The highest BCUT2D eigenvalue weighted by atomic mass is 16.1. The van der Waals surface area contributed by atoms with Crippen molar-refractivity contribution in [1.29, 1.82) is 0 Å². The quantitative estimate of drug-likeness (QED) is 0.797. The molecule has 1 amide bonds. The van der Waals surface area contributed by atoms with E-state index in [-0.39, 0.29) is 11.9 Å². The Kier molecular flexibility index (Phi) is 5.82. The summed E-state index contributed by atoms with van der Waals surface area (Å²) in [5.41, 5.74) is 7.22. The molecule has 0 heterocycles. The third-order valence-corrected chi connectivity index (χ3v) is 2.81. The Hall–Kier alpha value is -1.39. The standard InChI is InChI=1S/C14H23N3O/c1-11(7-8-17(2)3)16-14(18)13-6-4-5-12(9-13)10-15/h4-6,9,11H,7-8,10,15H2,1-3H3,(H,16,18). The second kappa shape index (κ2) is 7.13. The van der Waals surface area contributed by atoms with Gasteiger partial charge in [-0.25, -0.2) is 0 Å². The van der Waals surface area contributed by atoms with Crippen LogP contribution in [0, 0.1) is 0 Å². The first-order valence-electron chi connectivity index (χ1n) is 6.27. The van der Waals surface area contributed by atoms with E-state index >= 15 is 0 Å². The minimum atomic E-state index is -0.0310. The molecule has 1 rings (SSSR count). The van der Waals surface area contributed by atoms with E-state index in [4.69, 9.17) is 5.73 Å². The SMILES string of the molecule is CC(CCN(C)C)NC(=O)c1cccc(CN)c1. The number of carbonyl (C=O) groups excluding carboxylic acids is 1. The Morgan fingerprint density at radius 1 is 1.44 bits per heavy atom. The van der Waals surface area contributed by atoms with Crippen LogP contribution >= 0.6 is 0 Å². The molecule has 0 radical (unpaired) electrons. The second-order valence-electron chi connectivity index (χ2n) is 4.87. The molecule has 1 atom stereocenters. The van der Waals surface area contributed by atoms with Crippen molar-refractivity contribution in [2.45, 2.75) is 25.9 Å². The fraction of sp³-hybridized carbons (Fsp3) is 0.500. The molecule has 4 heteroatoms. The number of hydrogen-bond acceptors (Lipinski definition) is 3. The lowest BCUT2D eigenvalue weighted by molar-refractivity contribution is 0.0936. The Morgan fingerprint density at radius 3 is 2.78 bits per heavy atom. The van der Waals surface area contributed by atoms with E-state index < -0.39 is 0 Å². The first-order chi connectivity index (χ1) is 8.52.